The van der Waals surface area contributed by atoms with Crippen molar-refractivity contribution in [1.29, 1.82) is 0 Å². The Labute approximate surface area is 126 Å². The van der Waals surface area contributed by atoms with Gasteiger partial charge in [-0.15, -0.1) is 11.6 Å². The normalized spacial score (nSPS) is 17.8. The summed E-state index contributed by atoms with van der Waals surface area (Å²) in [5.41, 5.74) is 3.11. The number of amides is 1. The van der Waals surface area contributed by atoms with Gasteiger partial charge in [-0.05, 0) is 43.9 Å². The van der Waals surface area contributed by atoms with E-state index >= 15 is 0 Å². The number of alkyl halides is 1. The summed E-state index contributed by atoms with van der Waals surface area (Å²) in [5, 5.41) is 3.11. The van der Waals surface area contributed by atoms with Crippen molar-refractivity contribution < 1.29 is 4.79 Å². The van der Waals surface area contributed by atoms with Crippen LogP contribution in [0.15, 0.2) is 18.2 Å². The van der Waals surface area contributed by atoms with E-state index in [9.17, 15) is 4.79 Å². The van der Waals surface area contributed by atoms with E-state index < -0.39 is 0 Å². The SMILES string of the molecule is Cc1cccc(C(=O)NCC2(CCl)CCCCC2)c1C. The van der Waals surface area contributed by atoms with Crippen molar-refractivity contribution in [3.63, 3.8) is 0 Å². The first kappa shape index (κ1) is 15.4. The Bertz CT molecular complexity index is 478. The predicted octanol–water partition coefficient (Wildman–Crippen LogP) is 4.22. The minimum absolute atomic E-state index is 0.0289. The Balaban J connectivity index is 2.02. The number of rotatable bonds is 4. The van der Waals surface area contributed by atoms with Crippen molar-refractivity contribution >= 4 is 17.5 Å². The summed E-state index contributed by atoms with van der Waals surface area (Å²) in [6, 6.07) is 5.87. The van der Waals surface area contributed by atoms with E-state index in [4.69, 9.17) is 11.6 Å². The smallest absolute Gasteiger partial charge is 0.251 e. The fourth-order valence-electron chi connectivity index (χ4n) is 3.02. The van der Waals surface area contributed by atoms with Gasteiger partial charge < -0.3 is 5.32 Å². The average Bonchev–Trinajstić information content (AvgIpc) is 2.48. The molecule has 1 aliphatic rings. The summed E-state index contributed by atoms with van der Waals surface area (Å²) in [7, 11) is 0. The Morgan fingerprint density at radius 3 is 2.60 bits per heavy atom. The Morgan fingerprint density at radius 2 is 1.95 bits per heavy atom. The van der Waals surface area contributed by atoms with Gasteiger partial charge in [0.15, 0.2) is 0 Å². The highest BCUT2D eigenvalue weighted by Crippen LogP contribution is 2.36. The molecule has 0 aliphatic heterocycles. The first-order valence-electron chi connectivity index (χ1n) is 7.48. The summed E-state index contributed by atoms with van der Waals surface area (Å²) in [6.07, 6.45) is 6.01. The van der Waals surface area contributed by atoms with Crippen molar-refractivity contribution in [2.75, 3.05) is 12.4 Å². The molecule has 2 nitrogen and oxygen atoms in total. The van der Waals surface area contributed by atoms with Gasteiger partial charge in [0.25, 0.3) is 5.91 Å². The second-order valence-electron chi connectivity index (χ2n) is 6.12. The molecule has 0 bridgehead atoms. The zero-order chi connectivity index (χ0) is 14.6. The second-order valence-corrected chi connectivity index (χ2v) is 6.39. The zero-order valence-corrected chi connectivity index (χ0v) is 13.2. The van der Waals surface area contributed by atoms with Gasteiger partial charge in [0.05, 0.1) is 0 Å². The van der Waals surface area contributed by atoms with E-state index in [1.54, 1.807) is 0 Å². The van der Waals surface area contributed by atoms with Crippen molar-refractivity contribution in [2.24, 2.45) is 5.41 Å². The Kier molecular flexibility index (Phi) is 5.09. The molecule has 0 radical (unpaired) electrons. The molecule has 1 saturated carbocycles. The fourth-order valence-corrected chi connectivity index (χ4v) is 3.38. The van der Waals surface area contributed by atoms with E-state index in [2.05, 4.69) is 5.32 Å². The molecule has 1 aromatic rings. The van der Waals surface area contributed by atoms with Crippen LogP contribution in [0.25, 0.3) is 0 Å². The number of hydrogen-bond donors (Lipinski definition) is 1. The van der Waals surface area contributed by atoms with Crippen molar-refractivity contribution in [1.82, 2.24) is 5.32 Å². The van der Waals surface area contributed by atoms with Crippen LogP contribution < -0.4 is 5.32 Å². The van der Waals surface area contributed by atoms with Crippen LogP contribution in [-0.2, 0) is 0 Å². The maximum absolute atomic E-state index is 12.4. The molecular weight excluding hydrogens is 270 g/mol. The van der Waals surface area contributed by atoms with Crippen LogP contribution in [0.5, 0.6) is 0 Å². The predicted molar refractivity (Wildman–Crippen MR) is 84.5 cm³/mol. The number of aryl methyl sites for hydroxylation is 1. The topological polar surface area (TPSA) is 29.1 Å². The van der Waals surface area contributed by atoms with Gasteiger partial charge in [-0.1, -0.05) is 31.4 Å². The van der Waals surface area contributed by atoms with Crippen LogP contribution in [0.3, 0.4) is 0 Å². The van der Waals surface area contributed by atoms with Crippen molar-refractivity contribution in [3.8, 4) is 0 Å². The number of hydrogen-bond acceptors (Lipinski definition) is 1. The highest BCUT2D eigenvalue weighted by Gasteiger charge is 2.31. The molecule has 0 spiro atoms. The number of nitrogens with one attached hydrogen (secondary N) is 1. The Morgan fingerprint density at radius 1 is 1.25 bits per heavy atom. The molecule has 2 rings (SSSR count). The largest absolute Gasteiger partial charge is 0.351 e. The van der Waals surface area contributed by atoms with E-state index in [-0.39, 0.29) is 11.3 Å². The van der Waals surface area contributed by atoms with Gasteiger partial charge in [-0.2, -0.15) is 0 Å². The third-order valence-corrected chi connectivity index (χ3v) is 5.24. The molecule has 0 saturated heterocycles. The molecule has 1 fully saturated rings. The number of carbonyl (C=O) groups excluding carboxylic acids is 1. The number of benzene rings is 1. The molecule has 0 unspecified atom stereocenters. The van der Waals surface area contributed by atoms with Gasteiger partial charge in [0.2, 0.25) is 0 Å². The summed E-state index contributed by atoms with van der Waals surface area (Å²) >= 11 is 6.17. The minimum atomic E-state index is 0.0289. The molecule has 1 aromatic carbocycles. The van der Waals surface area contributed by atoms with Gasteiger partial charge in [0, 0.05) is 23.4 Å². The van der Waals surface area contributed by atoms with Gasteiger partial charge in [-0.3, -0.25) is 4.79 Å². The number of carbonyl (C=O) groups is 1. The number of halogens is 1. The van der Waals surface area contributed by atoms with E-state index in [1.807, 2.05) is 32.0 Å². The molecule has 0 heterocycles. The molecule has 0 aromatic heterocycles. The maximum Gasteiger partial charge on any atom is 0.251 e. The fraction of sp³-hybridized carbons (Fsp3) is 0.588. The summed E-state index contributed by atoms with van der Waals surface area (Å²) in [6.45, 7) is 4.73. The van der Waals surface area contributed by atoms with Gasteiger partial charge in [-0.25, -0.2) is 0 Å². The third kappa shape index (κ3) is 3.35. The lowest BCUT2D eigenvalue weighted by atomic mass is 9.75. The molecule has 1 aliphatic carbocycles. The summed E-state index contributed by atoms with van der Waals surface area (Å²) in [4.78, 5) is 12.4. The molecular formula is C17H24ClNO. The average molecular weight is 294 g/mol. The quantitative estimate of drug-likeness (QED) is 0.827. The maximum atomic E-state index is 12.4. The van der Waals surface area contributed by atoms with E-state index in [1.165, 1.54) is 19.3 Å². The monoisotopic (exact) mass is 293 g/mol. The summed E-state index contributed by atoms with van der Waals surface area (Å²) < 4.78 is 0. The van der Waals surface area contributed by atoms with Crippen LogP contribution in [0.2, 0.25) is 0 Å². The standard InChI is InChI=1S/C17H24ClNO/c1-13-7-6-8-15(14(13)2)16(20)19-12-17(11-18)9-4-3-5-10-17/h6-8H,3-5,9-12H2,1-2H3,(H,19,20). The third-order valence-electron chi connectivity index (χ3n) is 4.67. The van der Waals surface area contributed by atoms with Crippen molar-refractivity contribution in [2.45, 2.75) is 46.0 Å². The highest BCUT2D eigenvalue weighted by molar-refractivity contribution is 6.18. The highest BCUT2D eigenvalue weighted by atomic mass is 35.5. The lowest BCUT2D eigenvalue weighted by Gasteiger charge is -2.35. The molecule has 110 valence electrons. The minimum Gasteiger partial charge on any atom is -0.351 e. The first-order valence-corrected chi connectivity index (χ1v) is 8.02. The second kappa shape index (κ2) is 6.62. The van der Waals surface area contributed by atoms with E-state index in [0.29, 0.717) is 12.4 Å². The van der Waals surface area contributed by atoms with Gasteiger partial charge in [0.1, 0.15) is 0 Å². The summed E-state index contributed by atoms with van der Waals surface area (Å²) in [5.74, 6) is 0.668. The molecule has 3 heteroatoms. The molecule has 20 heavy (non-hydrogen) atoms. The van der Waals surface area contributed by atoms with Crippen molar-refractivity contribution in [3.05, 3.63) is 34.9 Å². The van der Waals surface area contributed by atoms with E-state index in [0.717, 1.165) is 29.5 Å². The van der Waals surface area contributed by atoms with Crippen LogP contribution in [0.1, 0.15) is 53.6 Å². The molecule has 0 atom stereocenters. The zero-order valence-electron chi connectivity index (χ0n) is 12.5. The Hall–Kier alpha value is -1.02. The van der Waals surface area contributed by atoms with Crippen LogP contribution in [-0.4, -0.2) is 18.3 Å². The molecule has 1 N–H and O–H groups in total. The van der Waals surface area contributed by atoms with Crippen LogP contribution in [0.4, 0.5) is 0 Å². The first-order chi connectivity index (χ1) is 9.58. The lowest BCUT2D eigenvalue weighted by molar-refractivity contribution is 0.0920. The van der Waals surface area contributed by atoms with Gasteiger partial charge >= 0.3 is 0 Å². The van der Waals surface area contributed by atoms with Crippen LogP contribution in [0, 0.1) is 19.3 Å². The lowest BCUT2D eigenvalue weighted by Crippen LogP contribution is -2.40. The molecule has 1 amide bonds. The van der Waals surface area contributed by atoms with Crippen LogP contribution >= 0.6 is 11.6 Å².